The van der Waals surface area contributed by atoms with Crippen LogP contribution in [0.1, 0.15) is 0 Å². The van der Waals surface area contributed by atoms with Crippen molar-refractivity contribution in [2.75, 3.05) is 52.8 Å². The third kappa shape index (κ3) is 4.61. The molecule has 0 saturated carbocycles. The summed E-state index contributed by atoms with van der Waals surface area (Å²) in [5.74, 6) is 3.07. The molecule has 2 aromatic carbocycles. The van der Waals surface area contributed by atoms with Crippen molar-refractivity contribution in [1.82, 2.24) is 19.7 Å². The van der Waals surface area contributed by atoms with Crippen LogP contribution in [-0.2, 0) is 4.74 Å². The lowest BCUT2D eigenvalue weighted by Crippen LogP contribution is -2.37. The highest BCUT2D eigenvalue weighted by molar-refractivity contribution is 7.99. The maximum absolute atomic E-state index is 5.48. The molecule has 0 radical (unpaired) electrons. The molecule has 7 nitrogen and oxygen atoms in total. The smallest absolute Gasteiger partial charge is 0.196 e. The van der Waals surface area contributed by atoms with Crippen LogP contribution in [0.15, 0.2) is 53.7 Å². The molecule has 4 rings (SSSR count). The van der Waals surface area contributed by atoms with E-state index < -0.39 is 0 Å². The zero-order valence-corrected chi connectivity index (χ0v) is 18.1. The Kier molecular flexibility index (Phi) is 6.88. The van der Waals surface area contributed by atoms with Gasteiger partial charge in [-0.15, -0.1) is 10.2 Å². The van der Waals surface area contributed by atoms with E-state index in [9.17, 15) is 0 Å². The van der Waals surface area contributed by atoms with Crippen LogP contribution in [0.25, 0.3) is 17.1 Å². The molecule has 0 atom stereocenters. The van der Waals surface area contributed by atoms with E-state index in [0.717, 1.165) is 60.8 Å². The monoisotopic (exact) mass is 426 g/mol. The molecule has 1 fully saturated rings. The van der Waals surface area contributed by atoms with Gasteiger partial charge in [-0.2, -0.15) is 0 Å². The van der Waals surface area contributed by atoms with Gasteiger partial charge in [-0.25, -0.2) is 0 Å². The lowest BCUT2D eigenvalue weighted by molar-refractivity contribution is 0.0410. The molecule has 1 aliphatic rings. The van der Waals surface area contributed by atoms with E-state index in [0.29, 0.717) is 11.5 Å². The topological polar surface area (TPSA) is 61.6 Å². The Bertz CT molecular complexity index is 958. The number of nitrogens with zero attached hydrogens (tertiary/aromatic N) is 4. The van der Waals surface area contributed by atoms with E-state index in [-0.39, 0.29) is 0 Å². The van der Waals surface area contributed by atoms with Crippen LogP contribution in [0.3, 0.4) is 0 Å². The van der Waals surface area contributed by atoms with Gasteiger partial charge in [0.1, 0.15) is 0 Å². The maximum Gasteiger partial charge on any atom is 0.196 e. The van der Waals surface area contributed by atoms with Crippen molar-refractivity contribution in [3.8, 4) is 28.6 Å². The molecular formula is C22H26N4O3S. The molecule has 1 aromatic heterocycles. The average Bonchev–Trinajstić information content (AvgIpc) is 3.23. The Labute approximate surface area is 181 Å². The number of aromatic nitrogens is 3. The Balaban J connectivity index is 1.62. The van der Waals surface area contributed by atoms with E-state index >= 15 is 0 Å². The van der Waals surface area contributed by atoms with Crippen molar-refractivity contribution >= 4 is 11.8 Å². The second-order valence-electron chi connectivity index (χ2n) is 6.85. The average molecular weight is 427 g/mol. The van der Waals surface area contributed by atoms with E-state index in [2.05, 4.69) is 31.8 Å². The largest absolute Gasteiger partial charge is 0.493 e. The molecule has 2 heterocycles. The second-order valence-corrected chi connectivity index (χ2v) is 7.91. The Hall–Kier alpha value is -2.55. The first kappa shape index (κ1) is 20.7. The summed E-state index contributed by atoms with van der Waals surface area (Å²) in [6.07, 6.45) is 0. The highest BCUT2D eigenvalue weighted by Gasteiger charge is 2.18. The molecular weight excluding hydrogens is 400 g/mol. The van der Waals surface area contributed by atoms with Crippen LogP contribution < -0.4 is 9.47 Å². The van der Waals surface area contributed by atoms with Crippen LogP contribution in [0.4, 0.5) is 0 Å². The summed E-state index contributed by atoms with van der Waals surface area (Å²) in [7, 11) is 3.27. The molecule has 0 amide bonds. The molecule has 0 N–H and O–H groups in total. The molecule has 1 aliphatic heterocycles. The number of benzene rings is 2. The molecule has 3 aromatic rings. The molecule has 1 saturated heterocycles. The SMILES string of the molecule is COc1ccc(-c2nnc(SCCN3CCOCC3)n2-c2ccccc2)cc1OC. The molecule has 0 bridgehead atoms. The number of hydrogen-bond donors (Lipinski definition) is 0. The van der Waals surface area contributed by atoms with Crippen molar-refractivity contribution in [2.45, 2.75) is 5.16 Å². The van der Waals surface area contributed by atoms with E-state index in [1.165, 1.54) is 0 Å². The first-order valence-corrected chi connectivity index (χ1v) is 10.9. The van der Waals surface area contributed by atoms with Crippen molar-refractivity contribution in [2.24, 2.45) is 0 Å². The fourth-order valence-electron chi connectivity index (χ4n) is 3.43. The maximum atomic E-state index is 5.48. The minimum atomic E-state index is 0.666. The summed E-state index contributed by atoms with van der Waals surface area (Å²) >= 11 is 1.72. The van der Waals surface area contributed by atoms with E-state index in [1.54, 1.807) is 26.0 Å². The van der Waals surface area contributed by atoms with E-state index in [4.69, 9.17) is 14.2 Å². The summed E-state index contributed by atoms with van der Waals surface area (Å²) in [5.41, 5.74) is 1.95. The zero-order valence-electron chi connectivity index (χ0n) is 17.3. The summed E-state index contributed by atoms with van der Waals surface area (Å²) < 4.78 is 18.4. The van der Waals surface area contributed by atoms with Crippen LogP contribution in [-0.4, -0.2) is 72.5 Å². The first-order chi connectivity index (χ1) is 14.8. The number of thioether (sulfide) groups is 1. The molecule has 0 unspecified atom stereocenters. The zero-order chi connectivity index (χ0) is 20.8. The lowest BCUT2D eigenvalue weighted by atomic mass is 10.2. The highest BCUT2D eigenvalue weighted by atomic mass is 32.2. The predicted molar refractivity (Wildman–Crippen MR) is 118 cm³/mol. The Morgan fingerprint density at radius 1 is 0.967 bits per heavy atom. The lowest BCUT2D eigenvalue weighted by Gasteiger charge is -2.26. The van der Waals surface area contributed by atoms with Gasteiger partial charge in [0.2, 0.25) is 0 Å². The molecule has 158 valence electrons. The van der Waals surface area contributed by atoms with Crippen molar-refractivity contribution < 1.29 is 14.2 Å². The minimum Gasteiger partial charge on any atom is -0.493 e. The fourth-order valence-corrected chi connectivity index (χ4v) is 4.38. The van der Waals surface area contributed by atoms with Gasteiger partial charge in [-0.05, 0) is 30.3 Å². The van der Waals surface area contributed by atoms with Crippen molar-refractivity contribution in [3.05, 3.63) is 48.5 Å². The van der Waals surface area contributed by atoms with Gasteiger partial charge in [0.05, 0.1) is 27.4 Å². The van der Waals surface area contributed by atoms with Crippen LogP contribution >= 0.6 is 11.8 Å². The first-order valence-electron chi connectivity index (χ1n) is 9.96. The second kappa shape index (κ2) is 9.97. The minimum absolute atomic E-state index is 0.666. The summed E-state index contributed by atoms with van der Waals surface area (Å²) in [6.45, 7) is 4.61. The quantitative estimate of drug-likeness (QED) is 0.512. The predicted octanol–water partition coefficient (Wildman–Crippen LogP) is 3.38. The summed E-state index contributed by atoms with van der Waals surface area (Å²) in [4.78, 5) is 2.43. The van der Waals surface area contributed by atoms with Gasteiger partial charge < -0.3 is 14.2 Å². The van der Waals surface area contributed by atoms with Gasteiger partial charge >= 0.3 is 0 Å². The third-order valence-corrected chi connectivity index (χ3v) is 5.94. The standard InChI is InChI=1S/C22H26N4O3S/c1-27-19-9-8-17(16-20(19)28-2)21-23-24-22(26(21)18-6-4-3-5-7-18)30-15-12-25-10-13-29-14-11-25/h3-9,16H,10-15H2,1-2H3. The van der Waals surface area contributed by atoms with Crippen molar-refractivity contribution in [3.63, 3.8) is 0 Å². The van der Waals surface area contributed by atoms with Gasteiger partial charge in [-0.3, -0.25) is 9.47 Å². The third-order valence-electron chi connectivity index (χ3n) is 5.03. The van der Waals surface area contributed by atoms with E-state index in [1.807, 2.05) is 36.4 Å². The number of methoxy groups -OCH3 is 2. The number of rotatable bonds is 8. The Morgan fingerprint density at radius 2 is 1.73 bits per heavy atom. The van der Waals surface area contributed by atoms with Crippen LogP contribution in [0.2, 0.25) is 0 Å². The molecule has 0 spiro atoms. The van der Waals surface area contributed by atoms with Crippen LogP contribution in [0, 0.1) is 0 Å². The summed E-state index contributed by atoms with van der Waals surface area (Å²) in [6, 6.07) is 16.0. The molecule has 8 heteroatoms. The Morgan fingerprint density at radius 3 is 2.47 bits per heavy atom. The van der Waals surface area contributed by atoms with Gasteiger partial charge in [0.25, 0.3) is 0 Å². The number of para-hydroxylation sites is 1. The normalized spacial score (nSPS) is 14.6. The number of ether oxygens (including phenoxy) is 3. The van der Waals surface area contributed by atoms with Gasteiger partial charge in [0, 0.05) is 36.6 Å². The van der Waals surface area contributed by atoms with Gasteiger partial charge in [0.15, 0.2) is 22.5 Å². The molecule has 0 aliphatic carbocycles. The summed E-state index contributed by atoms with van der Waals surface area (Å²) in [5, 5.41) is 9.91. The van der Waals surface area contributed by atoms with Crippen LogP contribution in [0.5, 0.6) is 11.5 Å². The van der Waals surface area contributed by atoms with Crippen molar-refractivity contribution in [1.29, 1.82) is 0 Å². The highest BCUT2D eigenvalue weighted by Crippen LogP contribution is 2.34. The number of hydrogen-bond acceptors (Lipinski definition) is 7. The molecule has 30 heavy (non-hydrogen) atoms. The number of morpholine rings is 1. The fraction of sp³-hybridized carbons (Fsp3) is 0.364. The van der Waals surface area contributed by atoms with Gasteiger partial charge in [-0.1, -0.05) is 30.0 Å².